The second kappa shape index (κ2) is 8.14. The molecule has 1 saturated heterocycles. The molecule has 5 nitrogen and oxygen atoms in total. The van der Waals surface area contributed by atoms with Gasteiger partial charge in [-0.3, -0.25) is 4.98 Å². The van der Waals surface area contributed by atoms with Gasteiger partial charge >= 0.3 is 0 Å². The van der Waals surface area contributed by atoms with E-state index in [0.717, 1.165) is 28.3 Å². The summed E-state index contributed by atoms with van der Waals surface area (Å²) >= 11 is 11.8. The second-order valence-corrected chi connectivity index (χ2v) is 8.01. The molecule has 150 valence electrons. The fourth-order valence-corrected chi connectivity index (χ4v) is 4.71. The lowest BCUT2D eigenvalue weighted by molar-refractivity contribution is 0.223. The van der Waals surface area contributed by atoms with Crippen molar-refractivity contribution in [3.8, 4) is 5.69 Å². The summed E-state index contributed by atoms with van der Waals surface area (Å²) in [5.41, 5.74) is 5.33. The highest BCUT2D eigenvalue weighted by Crippen LogP contribution is 2.41. The standard InChI is InChI=1S/C22H23ClN4OS/c1-14-12-18(15(2)27(14)17-7-5-6-16(23)13-17)21-20(19-8-3-4-9-24-19)25-22(29)26(21)10-11-28/h3-9,12-13,20-21,28H,10-11H2,1-2H3,(H,25,29)/t20-,21+/m1/s1. The molecule has 0 spiro atoms. The van der Waals surface area contributed by atoms with Crippen molar-refractivity contribution in [2.75, 3.05) is 13.2 Å². The summed E-state index contributed by atoms with van der Waals surface area (Å²) in [6.07, 6.45) is 1.79. The van der Waals surface area contributed by atoms with Gasteiger partial charge in [0, 0.05) is 34.8 Å². The Morgan fingerprint density at radius 3 is 2.69 bits per heavy atom. The molecule has 0 unspecified atom stereocenters. The van der Waals surface area contributed by atoms with E-state index >= 15 is 0 Å². The lowest BCUT2D eigenvalue weighted by Gasteiger charge is -2.27. The number of nitrogens with zero attached hydrogens (tertiary/aromatic N) is 3. The minimum absolute atomic E-state index is 0.0281. The van der Waals surface area contributed by atoms with Crippen LogP contribution in [0.2, 0.25) is 5.02 Å². The first-order valence-electron chi connectivity index (χ1n) is 9.55. The zero-order valence-electron chi connectivity index (χ0n) is 16.3. The van der Waals surface area contributed by atoms with Gasteiger partial charge in [-0.2, -0.15) is 0 Å². The maximum atomic E-state index is 9.64. The Labute approximate surface area is 180 Å². The molecule has 3 heterocycles. The third-order valence-corrected chi connectivity index (χ3v) is 5.98. The molecular weight excluding hydrogens is 404 g/mol. The number of β-amino-alcohol motifs (C(OH)–C–C–N with tert-alkyl or cyclic N) is 1. The van der Waals surface area contributed by atoms with Crippen molar-refractivity contribution >= 4 is 28.9 Å². The van der Waals surface area contributed by atoms with Gasteiger partial charge in [-0.1, -0.05) is 23.7 Å². The molecule has 0 radical (unpaired) electrons. The molecule has 29 heavy (non-hydrogen) atoms. The van der Waals surface area contributed by atoms with Crippen LogP contribution in [0.3, 0.4) is 0 Å². The van der Waals surface area contributed by atoms with Crippen LogP contribution in [0.15, 0.2) is 54.7 Å². The van der Waals surface area contributed by atoms with Crippen LogP contribution >= 0.6 is 23.8 Å². The first-order chi connectivity index (χ1) is 14.0. The molecule has 2 N–H and O–H groups in total. The molecule has 1 aromatic carbocycles. The van der Waals surface area contributed by atoms with Gasteiger partial charge in [0.2, 0.25) is 0 Å². The van der Waals surface area contributed by atoms with Crippen molar-refractivity contribution in [3.05, 3.63) is 82.4 Å². The number of halogens is 1. The fraction of sp³-hybridized carbons (Fsp3) is 0.273. The molecular formula is C22H23ClN4OS. The van der Waals surface area contributed by atoms with Crippen LogP contribution < -0.4 is 5.32 Å². The summed E-state index contributed by atoms with van der Waals surface area (Å²) in [7, 11) is 0. The number of aryl methyl sites for hydroxylation is 1. The van der Waals surface area contributed by atoms with E-state index in [4.69, 9.17) is 23.8 Å². The monoisotopic (exact) mass is 426 g/mol. The molecule has 2 aromatic heterocycles. The van der Waals surface area contributed by atoms with Crippen LogP contribution in [0.5, 0.6) is 0 Å². The maximum absolute atomic E-state index is 9.64. The normalized spacial score (nSPS) is 18.9. The van der Waals surface area contributed by atoms with Gasteiger partial charge < -0.3 is 19.9 Å². The van der Waals surface area contributed by atoms with Crippen LogP contribution in [0.25, 0.3) is 5.69 Å². The van der Waals surface area contributed by atoms with Gasteiger partial charge in [0.25, 0.3) is 0 Å². The summed E-state index contributed by atoms with van der Waals surface area (Å²) in [4.78, 5) is 6.61. The first kappa shape index (κ1) is 19.9. The van der Waals surface area contributed by atoms with Crippen LogP contribution in [0.4, 0.5) is 0 Å². The lowest BCUT2D eigenvalue weighted by Crippen LogP contribution is -2.32. The highest BCUT2D eigenvalue weighted by atomic mass is 35.5. The number of nitrogens with one attached hydrogen (secondary N) is 1. The Balaban J connectivity index is 1.84. The number of benzene rings is 1. The van der Waals surface area contributed by atoms with Gasteiger partial charge in [0.05, 0.1) is 24.4 Å². The highest BCUT2D eigenvalue weighted by Gasteiger charge is 2.41. The topological polar surface area (TPSA) is 53.3 Å². The average Bonchev–Trinajstić information content (AvgIpc) is 3.18. The zero-order valence-corrected chi connectivity index (χ0v) is 17.9. The number of thiocarbonyl (C=S) groups is 1. The van der Waals surface area contributed by atoms with Crippen LogP contribution in [-0.4, -0.2) is 37.8 Å². The van der Waals surface area contributed by atoms with Gasteiger partial charge in [-0.25, -0.2) is 0 Å². The predicted molar refractivity (Wildman–Crippen MR) is 119 cm³/mol. The van der Waals surface area contributed by atoms with Crippen molar-refractivity contribution < 1.29 is 5.11 Å². The van der Waals surface area contributed by atoms with E-state index < -0.39 is 0 Å². The molecule has 1 aliphatic rings. The third-order valence-electron chi connectivity index (χ3n) is 5.39. The van der Waals surface area contributed by atoms with Crippen molar-refractivity contribution in [1.29, 1.82) is 0 Å². The largest absolute Gasteiger partial charge is 0.395 e. The van der Waals surface area contributed by atoms with Gasteiger partial charge in [0.15, 0.2) is 5.11 Å². The van der Waals surface area contributed by atoms with Gasteiger partial charge in [0.1, 0.15) is 0 Å². The third kappa shape index (κ3) is 3.64. The summed E-state index contributed by atoms with van der Waals surface area (Å²) in [5.74, 6) is 0. The Bertz CT molecular complexity index is 1040. The fourth-order valence-electron chi connectivity index (χ4n) is 4.19. The summed E-state index contributed by atoms with van der Waals surface area (Å²) in [6.45, 7) is 4.68. The van der Waals surface area contributed by atoms with Gasteiger partial charge in [-0.15, -0.1) is 0 Å². The predicted octanol–water partition coefficient (Wildman–Crippen LogP) is 4.11. The Morgan fingerprint density at radius 1 is 1.17 bits per heavy atom. The van der Waals surface area contributed by atoms with Gasteiger partial charge in [-0.05, 0) is 68.0 Å². The Hall–Kier alpha value is -2.41. The summed E-state index contributed by atoms with van der Waals surface area (Å²) in [5, 5.41) is 14.4. The van der Waals surface area contributed by atoms with E-state index in [0.29, 0.717) is 16.7 Å². The molecule has 0 bridgehead atoms. The molecule has 3 aromatic rings. The smallest absolute Gasteiger partial charge is 0.170 e. The SMILES string of the molecule is Cc1cc([C@H]2[C@@H](c3ccccn3)NC(=S)N2CCO)c(C)n1-c1cccc(Cl)c1. The number of hydrogen-bond acceptors (Lipinski definition) is 3. The zero-order chi connectivity index (χ0) is 20.5. The average molecular weight is 427 g/mol. The number of pyridine rings is 1. The minimum atomic E-state index is -0.0939. The van der Waals surface area contributed by atoms with E-state index in [9.17, 15) is 5.11 Å². The van der Waals surface area contributed by atoms with Crippen molar-refractivity contribution in [3.63, 3.8) is 0 Å². The summed E-state index contributed by atoms with van der Waals surface area (Å²) in [6, 6.07) is 15.8. The number of hydrogen-bond donors (Lipinski definition) is 2. The van der Waals surface area contributed by atoms with E-state index in [2.05, 4.69) is 45.7 Å². The Kier molecular flexibility index (Phi) is 5.58. The van der Waals surface area contributed by atoms with Crippen LogP contribution in [0.1, 0.15) is 34.7 Å². The molecule has 1 fully saturated rings. The molecule has 0 aliphatic carbocycles. The molecule has 7 heteroatoms. The van der Waals surface area contributed by atoms with E-state index in [1.165, 1.54) is 0 Å². The molecule has 0 saturated carbocycles. The highest BCUT2D eigenvalue weighted by molar-refractivity contribution is 7.80. The van der Waals surface area contributed by atoms with Crippen LogP contribution in [0, 0.1) is 13.8 Å². The molecule has 2 atom stereocenters. The first-order valence-corrected chi connectivity index (χ1v) is 10.3. The van der Waals surface area contributed by atoms with Crippen molar-refractivity contribution in [1.82, 2.24) is 19.8 Å². The maximum Gasteiger partial charge on any atom is 0.170 e. The number of rotatable bonds is 5. The molecule has 4 rings (SSSR count). The van der Waals surface area contributed by atoms with E-state index in [-0.39, 0.29) is 18.7 Å². The number of aliphatic hydroxyl groups excluding tert-OH is 1. The molecule has 1 aliphatic heterocycles. The number of aliphatic hydroxyl groups is 1. The van der Waals surface area contributed by atoms with E-state index in [1.54, 1.807) is 6.20 Å². The van der Waals surface area contributed by atoms with E-state index in [1.807, 2.05) is 36.4 Å². The summed E-state index contributed by atoms with van der Waals surface area (Å²) < 4.78 is 2.20. The lowest BCUT2D eigenvalue weighted by atomic mass is 9.97. The molecule has 0 amide bonds. The van der Waals surface area contributed by atoms with Crippen LogP contribution in [-0.2, 0) is 0 Å². The number of aromatic nitrogens is 2. The van der Waals surface area contributed by atoms with Crippen molar-refractivity contribution in [2.45, 2.75) is 25.9 Å². The second-order valence-electron chi connectivity index (χ2n) is 7.19. The van der Waals surface area contributed by atoms with Crippen molar-refractivity contribution in [2.24, 2.45) is 0 Å². The quantitative estimate of drug-likeness (QED) is 0.601. The minimum Gasteiger partial charge on any atom is -0.395 e. The Morgan fingerprint density at radius 2 is 2.00 bits per heavy atom.